The van der Waals surface area contributed by atoms with Crippen LogP contribution in [0.15, 0.2) is 69.5 Å². The third kappa shape index (κ3) is 5.39. The normalized spacial score (nSPS) is 13.4. The van der Waals surface area contributed by atoms with Crippen molar-refractivity contribution in [1.82, 2.24) is 19.5 Å². The van der Waals surface area contributed by atoms with Gasteiger partial charge in [-0.05, 0) is 68.5 Å². The molecule has 41 heavy (non-hydrogen) atoms. The third-order valence-corrected chi connectivity index (χ3v) is 10.5. The summed E-state index contributed by atoms with van der Waals surface area (Å²) in [6.45, 7) is 6.33. The van der Waals surface area contributed by atoms with Gasteiger partial charge in [-0.15, -0.1) is 11.3 Å². The minimum atomic E-state index is -3.87. The number of fused-ring (bicyclic) bond motifs is 4. The molecule has 5 aromatic rings. The van der Waals surface area contributed by atoms with Gasteiger partial charge in [-0.1, -0.05) is 36.0 Å². The largest absolute Gasteiger partial charge is 0.495 e. The number of aromatic amines is 1. The summed E-state index contributed by atoms with van der Waals surface area (Å²) in [5.41, 5.74) is 3.63. The zero-order chi connectivity index (χ0) is 28.7. The van der Waals surface area contributed by atoms with Gasteiger partial charge in [-0.25, -0.2) is 18.4 Å². The Morgan fingerprint density at radius 3 is 2.80 bits per heavy atom. The Morgan fingerprint density at radius 1 is 1.20 bits per heavy atom. The Kier molecular flexibility index (Phi) is 7.39. The van der Waals surface area contributed by atoms with E-state index < -0.39 is 10.0 Å². The highest BCUT2D eigenvalue weighted by Gasteiger charge is 2.23. The lowest BCUT2D eigenvalue weighted by Gasteiger charge is -2.13. The molecule has 1 aliphatic rings. The van der Waals surface area contributed by atoms with Gasteiger partial charge in [0, 0.05) is 11.4 Å². The molecule has 0 saturated heterocycles. The maximum atomic E-state index is 13.7. The summed E-state index contributed by atoms with van der Waals surface area (Å²) in [4.78, 5) is 28.6. The van der Waals surface area contributed by atoms with Crippen LogP contribution in [-0.2, 0) is 35.2 Å². The van der Waals surface area contributed by atoms with E-state index in [1.807, 2.05) is 6.92 Å². The molecule has 3 aromatic heterocycles. The molecule has 0 saturated carbocycles. The van der Waals surface area contributed by atoms with E-state index in [2.05, 4.69) is 21.3 Å². The number of ether oxygens (including phenoxy) is 1. The summed E-state index contributed by atoms with van der Waals surface area (Å²) in [7, 11) is -2.38. The Labute approximate surface area is 245 Å². The monoisotopic (exact) mass is 607 g/mol. The Bertz CT molecular complexity index is 1970. The molecule has 9 nitrogen and oxygen atoms in total. The number of nitrogens with one attached hydrogen (secondary N) is 2. The van der Waals surface area contributed by atoms with Crippen LogP contribution in [0.4, 0.5) is 5.69 Å². The fourth-order valence-corrected chi connectivity index (χ4v) is 8.35. The first kappa shape index (κ1) is 27.6. The topological polar surface area (TPSA) is 119 Å². The first-order valence-electron chi connectivity index (χ1n) is 13.2. The van der Waals surface area contributed by atoms with Crippen LogP contribution in [0.2, 0.25) is 0 Å². The number of nitrogens with zero attached hydrogens (tertiary/aromatic N) is 3. The van der Waals surface area contributed by atoms with Crippen LogP contribution in [0.3, 0.4) is 0 Å². The number of imidazole rings is 1. The lowest BCUT2D eigenvalue weighted by Crippen LogP contribution is -2.24. The number of aryl methyl sites for hydroxylation is 2. The molecule has 0 aliphatic heterocycles. The van der Waals surface area contributed by atoms with Crippen LogP contribution in [-0.4, -0.2) is 35.0 Å². The molecule has 12 heteroatoms. The van der Waals surface area contributed by atoms with Crippen molar-refractivity contribution in [1.29, 1.82) is 0 Å². The van der Waals surface area contributed by atoms with E-state index in [-0.39, 0.29) is 10.5 Å². The molecule has 0 radical (unpaired) electrons. The predicted molar refractivity (Wildman–Crippen MR) is 165 cm³/mol. The number of rotatable bonds is 9. The molecule has 3 heterocycles. The van der Waals surface area contributed by atoms with Crippen molar-refractivity contribution >= 4 is 60.1 Å². The SMILES string of the molecule is C=C(C)Cn1c(SCc2nc3ccc(S(=O)(=O)Nc4ccccc4OC)cc3[nH]2)nc2sc3c(c2c1=O)CCCC3. The average molecular weight is 608 g/mol. The van der Waals surface area contributed by atoms with Gasteiger partial charge in [0.1, 0.15) is 16.4 Å². The van der Waals surface area contributed by atoms with E-state index in [0.717, 1.165) is 41.5 Å². The number of hydrogen-bond donors (Lipinski definition) is 2. The van der Waals surface area contributed by atoms with Gasteiger partial charge in [-0.3, -0.25) is 14.1 Å². The maximum Gasteiger partial charge on any atom is 0.263 e. The summed E-state index contributed by atoms with van der Waals surface area (Å²) < 4.78 is 35.8. The van der Waals surface area contributed by atoms with Crippen LogP contribution in [0.25, 0.3) is 21.3 Å². The van der Waals surface area contributed by atoms with Crippen LogP contribution < -0.4 is 15.0 Å². The molecule has 2 aromatic carbocycles. The quantitative estimate of drug-likeness (QED) is 0.122. The van der Waals surface area contributed by atoms with Crippen LogP contribution >= 0.6 is 23.1 Å². The summed E-state index contributed by atoms with van der Waals surface area (Å²) in [5.74, 6) is 1.51. The number of para-hydroxylation sites is 2. The first-order chi connectivity index (χ1) is 19.7. The Balaban J connectivity index is 1.28. The highest BCUT2D eigenvalue weighted by molar-refractivity contribution is 7.98. The molecular weight excluding hydrogens is 579 g/mol. The number of hydrogen-bond acceptors (Lipinski definition) is 8. The number of methoxy groups -OCH3 is 1. The van der Waals surface area contributed by atoms with Crippen LogP contribution in [0.5, 0.6) is 5.75 Å². The predicted octanol–water partition coefficient (Wildman–Crippen LogP) is 5.89. The van der Waals surface area contributed by atoms with E-state index >= 15 is 0 Å². The van der Waals surface area contributed by atoms with E-state index in [9.17, 15) is 13.2 Å². The second-order valence-electron chi connectivity index (χ2n) is 10.1. The lowest BCUT2D eigenvalue weighted by molar-refractivity contribution is 0.417. The number of aromatic nitrogens is 4. The zero-order valence-corrected chi connectivity index (χ0v) is 25.1. The second kappa shape index (κ2) is 11.0. The molecule has 6 rings (SSSR count). The first-order valence-corrected chi connectivity index (χ1v) is 16.5. The van der Waals surface area contributed by atoms with Crippen molar-refractivity contribution in [3.8, 4) is 5.75 Å². The number of benzene rings is 2. The molecule has 0 unspecified atom stereocenters. The lowest BCUT2D eigenvalue weighted by atomic mass is 9.97. The highest BCUT2D eigenvalue weighted by atomic mass is 32.2. The minimum Gasteiger partial charge on any atom is -0.495 e. The van der Waals surface area contributed by atoms with Crippen molar-refractivity contribution in [3.63, 3.8) is 0 Å². The van der Waals surface area contributed by atoms with Crippen LogP contribution in [0, 0.1) is 0 Å². The maximum absolute atomic E-state index is 13.7. The van der Waals surface area contributed by atoms with Crippen molar-refractivity contribution in [2.24, 2.45) is 0 Å². The number of thioether (sulfide) groups is 1. The number of thiophene rings is 1. The summed E-state index contributed by atoms with van der Waals surface area (Å²) >= 11 is 3.06. The van der Waals surface area contributed by atoms with Gasteiger partial charge in [0.05, 0.1) is 39.9 Å². The van der Waals surface area contributed by atoms with Crippen molar-refractivity contribution in [2.75, 3.05) is 11.8 Å². The standard InChI is InChI=1S/C29H29N5O4S3/c1-17(2)15-34-28(35)26-19-8-4-7-11-24(19)40-27(26)32-29(34)39-16-25-30-20-13-12-18(14-22(20)31-25)41(36,37)33-21-9-5-6-10-23(21)38-3/h5-6,9-10,12-14,33H,1,4,7-8,11,15-16H2,2-3H3,(H,30,31). The number of anilines is 1. The fraction of sp³-hybridized carbons (Fsp3) is 0.276. The van der Waals surface area contributed by atoms with Crippen molar-refractivity contribution < 1.29 is 13.2 Å². The fourth-order valence-electron chi connectivity index (χ4n) is 5.08. The molecule has 0 bridgehead atoms. The van der Waals surface area contributed by atoms with Gasteiger partial charge in [0.15, 0.2) is 5.16 Å². The summed E-state index contributed by atoms with van der Waals surface area (Å²) in [5, 5.41) is 1.38. The van der Waals surface area contributed by atoms with E-state index in [4.69, 9.17) is 9.72 Å². The van der Waals surface area contributed by atoms with E-state index in [0.29, 0.717) is 45.7 Å². The molecule has 0 atom stereocenters. The highest BCUT2D eigenvalue weighted by Crippen LogP contribution is 2.35. The summed E-state index contributed by atoms with van der Waals surface area (Å²) in [6.07, 6.45) is 4.18. The van der Waals surface area contributed by atoms with E-state index in [1.54, 1.807) is 52.3 Å². The van der Waals surface area contributed by atoms with Gasteiger partial charge in [0.25, 0.3) is 15.6 Å². The van der Waals surface area contributed by atoms with Gasteiger partial charge in [0.2, 0.25) is 0 Å². The van der Waals surface area contributed by atoms with Gasteiger partial charge in [-0.2, -0.15) is 0 Å². The molecule has 0 spiro atoms. The molecular formula is C29H29N5O4S3. The van der Waals surface area contributed by atoms with E-state index in [1.165, 1.54) is 35.4 Å². The smallest absolute Gasteiger partial charge is 0.263 e. The number of sulfonamides is 1. The molecule has 0 amide bonds. The molecule has 212 valence electrons. The van der Waals surface area contributed by atoms with Crippen molar-refractivity contribution in [2.45, 2.75) is 55.0 Å². The molecule has 1 aliphatic carbocycles. The van der Waals surface area contributed by atoms with Crippen molar-refractivity contribution in [3.05, 3.63) is 81.2 Å². The zero-order valence-electron chi connectivity index (χ0n) is 22.7. The minimum absolute atomic E-state index is 0.0121. The number of H-pyrrole nitrogens is 1. The average Bonchev–Trinajstić information content (AvgIpc) is 3.54. The molecule has 2 N–H and O–H groups in total. The second-order valence-corrected chi connectivity index (χ2v) is 13.8. The van der Waals surface area contributed by atoms with Gasteiger partial charge >= 0.3 is 0 Å². The third-order valence-electron chi connectivity index (χ3n) is 6.97. The number of allylic oxidation sites excluding steroid dienone is 1. The van der Waals surface area contributed by atoms with Crippen LogP contribution in [0.1, 0.15) is 36.0 Å². The molecule has 0 fully saturated rings. The van der Waals surface area contributed by atoms with Gasteiger partial charge < -0.3 is 9.72 Å². The Morgan fingerprint density at radius 2 is 2.00 bits per heavy atom. The Hall–Kier alpha value is -3.61. The summed E-state index contributed by atoms with van der Waals surface area (Å²) in [6, 6.07) is 11.6.